The third-order valence-corrected chi connectivity index (χ3v) is 3.28. The van der Waals surface area contributed by atoms with E-state index in [0.717, 1.165) is 18.6 Å². The molecule has 2 aromatic rings. The van der Waals surface area contributed by atoms with E-state index in [-0.39, 0.29) is 12.4 Å². The molecule has 0 aliphatic heterocycles. The molecule has 0 amide bonds. The van der Waals surface area contributed by atoms with E-state index in [4.69, 9.17) is 10.00 Å². The summed E-state index contributed by atoms with van der Waals surface area (Å²) in [7, 11) is 0. The van der Waals surface area contributed by atoms with Gasteiger partial charge in [0.2, 0.25) is 5.78 Å². The van der Waals surface area contributed by atoms with Crippen molar-refractivity contribution in [3.63, 3.8) is 0 Å². The fourth-order valence-corrected chi connectivity index (χ4v) is 1.97. The van der Waals surface area contributed by atoms with Crippen LogP contribution >= 0.6 is 0 Å². The van der Waals surface area contributed by atoms with Crippen LogP contribution in [-0.2, 0) is 16.2 Å². The molecule has 1 N–H and O–H groups in total. The Morgan fingerprint density at radius 2 is 1.96 bits per heavy atom. The van der Waals surface area contributed by atoms with Crippen molar-refractivity contribution in [3.05, 3.63) is 71.3 Å². The number of rotatable bonds is 6. The molecule has 0 spiro atoms. The Morgan fingerprint density at radius 1 is 1.21 bits per heavy atom. The quantitative estimate of drug-likeness (QED) is 0.501. The molecule has 120 valence electrons. The highest BCUT2D eigenvalue weighted by Gasteiger charge is 2.09. The summed E-state index contributed by atoms with van der Waals surface area (Å²) in [6.07, 6.45) is 0.881. The van der Waals surface area contributed by atoms with Gasteiger partial charge in [-0.25, -0.2) is 0 Å². The van der Waals surface area contributed by atoms with Crippen LogP contribution in [0.25, 0.3) is 5.76 Å². The molecule has 5 heteroatoms. The second-order valence-electron chi connectivity index (χ2n) is 5.04. The highest BCUT2D eigenvalue weighted by Crippen LogP contribution is 2.20. The molecule has 0 aromatic heterocycles. The number of ketones is 2. The van der Waals surface area contributed by atoms with E-state index in [9.17, 15) is 14.7 Å². The van der Waals surface area contributed by atoms with Crippen LogP contribution in [0.4, 0.5) is 0 Å². The molecule has 2 rings (SSSR count). The van der Waals surface area contributed by atoms with Gasteiger partial charge in [0.1, 0.15) is 18.1 Å². The molecule has 2 aromatic carbocycles. The van der Waals surface area contributed by atoms with Gasteiger partial charge in [0.05, 0.1) is 11.6 Å². The van der Waals surface area contributed by atoms with Crippen molar-refractivity contribution in [1.82, 2.24) is 0 Å². The van der Waals surface area contributed by atoms with Gasteiger partial charge in [-0.05, 0) is 18.2 Å². The number of benzene rings is 2. The minimum Gasteiger partial charge on any atom is -0.507 e. The van der Waals surface area contributed by atoms with E-state index in [1.54, 1.807) is 42.5 Å². The first kappa shape index (κ1) is 17.0. The maximum atomic E-state index is 11.3. The molecule has 0 saturated heterocycles. The summed E-state index contributed by atoms with van der Waals surface area (Å²) in [6, 6.07) is 15.7. The lowest BCUT2D eigenvalue weighted by Gasteiger charge is -2.09. The summed E-state index contributed by atoms with van der Waals surface area (Å²) in [5.41, 5.74) is 1.64. The van der Waals surface area contributed by atoms with E-state index < -0.39 is 11.6 Å². The van der Waals surface area contributed by atoms with E-state index in [2.05, 4.69) is 6.07 Å². The Bertz CT molecular complexity index is 846. The van der Waals surface area contributed by atoms with Crippen LogP contribution in [0.5, 0.6) is 5.75 Å². The van der Waals surface area contributed by atoms with Crippen molar-refractivity contribution >= 4 is 17.3 Å². The second kappa shape index (κ2) is 7.75. The van der Waals surface area contributed by atoms with Gasteiger partial charge < -0.3 is 9.84 Å². The number of hydrogen-bond donors (Lipinski definition) is 1. The predicted molar refractivity (Wildman–Crippen MR) is 88.2 cm³/mol. The van der Waals surface area contributed by atoms with Crippen LogP contribution in [0.2, 0.25) is 0 Å². The molecule has 5 nitrogen and oxygen atoms in total. The number of aliphatic hydroxyl groups excluding tert-OH is 1. The van der Waals surface area contributed by atoms with E-state index in [1.807, 2.05) is 6.07 Å². The van der Waals surface area contributed by atoms with Gasteiger partial charge in [-0.1, -0.05) is 30.3 Å². The Hall–Kier alpha value is -3.39. The minimum absolute atomic E-state index is 0.198. The zero-order chi connectivity index (χ0) is 17.5. The Kier molecular flexibility index (Phi) is 5.48. The third kappa shape index (κ3) is 4.31. The van der Waals surface area contributed by atoms with Crippen molar-refractivity contribution in [2.75, 3.05) is 0 Å². The lowest BCUT2D eigenvalue weighted by molar-refractivity contribution is -0.132. The molecular formula is C19H15NO4. The van der Waals surface area contributed by atoms with Gasteiger partial charge in [-0.15, -0.1) is 0 Å². The Morgan fingerprint density at radius 3 is 2.67 bits per heavy atom. The van der Waals surface area contributed by atoms with Crippen LogP contribution in [0.1, 0.15) is 23.6 Å². The SMILES string of the molecule is CC(=O)C(=O)/C=C(\O)c1cccc(OCc2ccccc2C#N)c1. The van der Waals surface area contributed by atoms with Gasteiger partial charge in [-0.2, -0.15) is 5.26 Å². The predicted octanol–water partition coefficient (Wildman–Crippen LogP) is 3.19. The maximum absolute atomic E-state index is 11.3. The highest BCUT2D eigenvalue weighted by atomic mass is 16.5. The Labute approximate surface area is 139 Å². The van der Waals surface area contributed by atoms with Crippen LogP contribution in [0, 0.1) is 11.3 Å². The Balaban J connectivity index is 2.15. The molecule has 0 atom stereocenters. The number of carbonyl (C=O) groups excluding carboxylic acids is 2. The molecule has 0 radical (unpaired) electrons. The lowest BCUT2D eigenvalue weighted by atomic mass is 10.1. The molecule has 0 aliphatic rings. The monoisotopic (exact) mass is 321 g/mol. The number of ether oxygens (including phenoxy) is 1. The third-order valence-electron chi connectivity index (χ3n) is 3.28. The lowest BCUT2D eigenvalue weighted by Crippen LogP contribution is -2.06. The average Bonchev–Trinajstić information content (AvgIpc) is 2.60. The number of carbonyl (C=O) groups is 2. The number of nitrogens with zero attached hydrogens (tertiary/aromatic N) is 1. The summed E-state index contributed by atoms with van der Waals surface area (Å²) in [6.45, 7) is 1.34. The van der Waals surface area contributed by atoms with Crippen LogP contribution in [0.3, 0.4) is 0 Å². The number of allylic oxidation sites excluding steroid dienone is 1. The first-order chi connectivity index (χ1) is 11.5. The first-order valence-electron chi connectivity index (χ1n) is 7.18. The highest BCUT2D eigenvalue weighted by molar-refractivity contribution is 6.41. The van der Waals surface area contributed by atoms with Gasteiger partial charge in [0, 0.05) is 24.1 Å². The summed E-state index contributed by atoms with van der Waals surface area (Å²) < 4.78 is 5.64. The number of nitriles is 1. The molecular weight excluding hydrogens is 306 g/mol. The van der Waals surface area contributed by atoms with Gasteiger partial charge in [-0.3, -0.25) is 9.59 Å². The fraction of sp³-hybridized carbons (Fsp3) is 0.105. The van der Waals surface area contributed by atoms with Crippen LogP contribution in [-0.4, -0.2) is 16.7 Å². The summed E-state index contributed by atoms with van der Waals surface area (Å²) >= 11 is 0. The van der Waals surface area contributed by atoms with E-state index in [1.165, 1.54) is 0 Å². The standard InChI is InChI=1S/C19H15NO4/c1-13(21)18(22)10-19(23)14-7-4-8-17(9-14)24-12-16-6-3-2-5-15(16)11-20/h2-10,23H,12H2,1H3/b19-10-. The summed E-state index contributed by atoms with van der Waals surface area (Å²) in [5, 5.41) is 19.0. The van der Waals surface area contributed by atoms with Gasteiger partial charge in [0.25, 0.3) is 0 Å². The van der Waals surface area contributed by atoms with E-state index in [0.29, 0.717) is 16.9 Å². The van der Waals surface area contributed by atoms with Crippen LogP contribution in [0.15, 0.2) is 54.6 Å². The summed E-state index contributed by atoms with van der Waals surface area (Å²) in [5.74, 6) is -1.27. The number of aliphatic hydroxyl groups is 1. The van der Waals surface area contributed by atoms with Crippen molar-refractivity contribution in [3.8, 4) is 11.8 Å². The number of Topliss-reactive ketones (excluding diaryl/α,β-unsaturated/α-hetero) is 1. The van der Waals surface area contributed by atoms with E-state index >= 15 is 0 Å². The molecule has 0 saturated carbocycles. The zero-order valence-electron chi connectivity index (χ0n) is 13.0. The van der Waals surface area contributed by atoms with Crippen molar-refractivity contribution in [2.24, 2.45) is 0 Å². The molecule has 0 heterocycles. The minimum atomic E-state index is -0.776. The topological polar surface area (TPSA) is 87.4 Å². The van der Waals surface area contributed by atoms with Crippen molar-refractivity contribution in [1.29, 1.82) is 5.26 Å². The largest absolute Gasteiger partial charge is 0.507 e. The van der Waals surface area contributed by atoms with Crippen molar-refractivity contribution in [2.45, 2.75) is 13.5 Å². The second-order valence-corrected chi connectivity index (χ2v) is 5.04. The van der Waals surface area contributed by atoms with Gasteiger partial charge >= 0.3 is 0 Å². The number of hydrogen-bond acceptors (Lipinski definition) is 5. The van der Waals surface area contributed by atoms with Gasteiger partial charge in [0.15, 0.2) is 5.78 Å². The average molecular weight is 321 g/mol. The molecule has 0 aliphatic carbocycles. The smallest absolute Gasteiger partial charge is 0.224 e. The summed E-state index contributed by atoms with van der Waals surface area (Å²) in [4.78, 5) is 22.3. The molecule has 0 fully saturated rings. The fourth-order valence-electron chi connectivity index (χ4n) is 1.97. The molecule has 24 heavy (non-hydrogen) atoms. The zero-order valence-corrected chi connectivity index (χ0v) is 13.0. The van der Waals surface area contributed by atoms with Crippen molar-refractivity contribution < 1.29 is 19.4 Å². The molecule has 0 bridgehead atoms. The first-order valence-corrected chi connectivity index (χ1v) is 7.18. The molecule has 0 unspecified atom stereocenters. The normalized spacial score (nSPS) is 10.8. The maximum Gasteiger partial charge on any atom is 0.224 e. The van der Waals surface area contributed by atoms with Crippen LogP contribution < -0.4 is 4.74 Å².